The molecule has 0 bridgehead atoms. The Kier molecular flexibility index (Phi) is 4.93. The third-order valence-electron chi connectivity index (χ3n) is 3.06. The van der Waals surface area contributed by atoms with Crippen LogP contribution in [-0.2, 0) is 6.61 Å². The Hall–Kier alpha value is -1.39. The molecule has 1 unspecified atom stereocenters. The molecule has 0 aliphatic heterocycles. The number of aryl methyl sites for hydroxylation is 1. The lowest BCUT2D eigenvalue weighted by molar-refractivity contribution is 0.307. The van der Waals surface area contributed by atoms with E-state index in [4.69, 9.17) is 4.74 Å². The van der Waals surface area contributed by atoms with Crippen molar-refractivity contribution in [2.24, 2.45) is 0 Å². The van der Waals surface area contributed by atoms with Gasteiger partial charge >= 0.3 is 0 Å². The Morgan fingerprint density at radius 1 is 1.42 bits per heavy atom. The van der Waals surface area contributed by atoms with Gasteiger partial charge in [-0.05, 0) is 37.6 Å². The summed E-state index contributed by atoms with van der Waals surface area (Å²) in [6.07, 6.45) is 1.85. The van der Waals surface area contributed by atoms with E-state index in [9.17, 15) is 0 Å². The second kappa shape index (κ2) is 6.68. The van der Waals surface area contributed by atoms with Crippen molar-refractivity contribution in [3.05, 3.63) is 45.9 Å². The van der Waals surface area contributed by atoms with Crippen molar-refractivity contribution in [2.45, 2.75) is 33.4 Å². The number of thiazole rings is 1. The monoisotopic (exact) mass is 276 g/mol. The molecule has 1 N–H and O–H groups in total. The number of ether oxygens (including phenoxy) is 1. The number of hydrogen-bond acceptors (Lipinski definition) is 4. The predicted molar refractivity (Wildman–Crippen MR) is 79.7 cm³/mol. The third kappa shape index (κ3) is 3.78. The molecule has 3 nitrogen and oxygen atoms in total. The van der Waals surface area contributed by atoms with Gasteiger partial charge in [0.25, 0.3) is 0 Å². The first-order chi connectivity index (χ1) is 9.20. The van der Waals surface area contributed by atoms with E-state index >= 15 is 0 Å². The third-order valence-corrected chi connectivity index (χ3v) is 3.82. The molecule has 0 amide bonds. The van der Waals surface area contributed by atoms with Gasteiger partial charge in [0.2, 0.25) is 0 Å². The SMILES string of the molecule is CCNC(C)c1ccc(OCc2cncs2)c(C)c1. The highest BCUT2D eigenvalue weighted by molar-refractivity contribution is 7.09. The highest BCUT2D eigenvalue weighted by atomic mass is 32.1. The zero-order valence-corrected chi connectivity index (χ0v) is 12.5. The molecule has 0 saturated carbocycles. The molecule has 0 spiro atoms. The highest BCUT2D eigenvalue weighted by Crippen LogP contribution is 2.24. The van der Waals surface area contributed by atoms with Gasteiger partial charge in [0.15, 0.2) is 0 Å². The molecule has 1 aromatic heterocycles. The Bertz CT molecular complexity index is 511. The maximum atomic E-state index is 5.83. The van der Waals surface area contributed by atoms with E-state index in [0.29, 0.717) is 12.6 Å². The molecule has 0 aliphatic carbocycles. The zero-order valence-electron chi connectivity index (χ0n) is 11.6. The Labute approximate surface area is 118 Å². The van der Waals surface area contributed by atoms with Crippen LogP contribution in [0.2, 0.25) is 0 Å². The molecular weight excluding hydrogens is 256 g/mol. The summed E-state index contributed by atoms with van der Waals surface area (Å²) in [7, 11) is 0. The minimum Gasteiger partial charge on any atom is -0.488 e. The summed E-state index contributed by atoms with van der Waals surface area (Å²) in [5.41, 5.74) is 4.29. The molecule has 0 fully saturated rings. The molecule has 19 heavy (non-hydrogen) atoms. The molecular formula is C15H20N2OS. The van der Waals surface area contributed by atoms with Crippen molar-refractivity contribution in [1.29, 1.82) is 0 Å². The fourth-order valence-corrected chi connectivity index (χ4v) is 2.50. The molecule has 0 saturated heterocycles. The van der Waals surface area contributed by atoms with Crippen LogP contribution >= 0.6 is 11.3 Å². The van der Waals surface area contributed by atoms with Gasteiger partial charge in [-0.25, -0.2) is 0 Å². The van der Waals surface area contributed by atoms with Gasteiger partial charge in [0, 0.05) is 12.2 Å². The van der Waals surface area contributed by atoms with Gasteiger partial charge < -0.3 is 10.1 Å². The van der Waals surface area contributed by atoms with Crippen molar-refractivity contribution in [3.8, 4) is 5.75 Å². The Morgan fingerprint density at radius 3 is 2.89 bits per heavy atom. The average Bonchev–Trinajstić information content (AvgIpc) is 2.90. The standard InChI is InChI=1S/C15H20N2OS/c1-4-17-12(3)13-5-6-15(11(2)7-13)18-9-14-8-16-10-19-14/h5-8,10,12,17H,4,9H2,1-3H3. The molecule has 1 heterocycles. The predicted octanol–water partition coefficient (Wildman–Crippen LogP) is 3.70. The summed E-state index contributed by atoms with van der Waals surface area (Å²) < 4.78 is 5.83. The van der Waals surface area contributed by atoms with Crippen molar-refractivity contribution in [2.75, 3.05) is 6.54 Å². The summed E-state index contributed by atoms with van der Waals surface area (Å²) in [4.78, 5) is 5.19. The molecule has 1 atom stereocenters. The lowest BCUT2D eigenvalue weighted by atomic mass is 10.1. The van der Waals surface area contributed by atoms with Crippen LogP contribution in [0.5, 0.6) is 5.75 Å². The number of aromatic nitrogens is 1. The van der Waals surface area contributed by atoms with Crippen molar-refractivity contribution >= 4 is 11.3 Å². The van der Waals surface area contributed by atoms with E-state index in [1.54, 1.807) is 11.3 Å². The summed E-state index contributed by atoms with van der Waals surface area (Å²) in [6.45, 7) is 7.95. The number of nitrogens with one attached hydrogen (secondary N) is 1. The second-order valence-electron chi connectivity index (χ2n) is 4.56. The summed E-state index contributed by atoms with van der Waals surface area (Å²) in [5.74, 6) is 0.945. The zero-order chi connectivity index (χ0) is 13.7. The molecule has 0 aliphatic rings. The Morgan fingerprint density at radius 2 is 2.26 bits per heavy atom. The maximum Gasteiger partial charge on any atom is 0.124 e. The van der Waals surface area contributed by atoms with Crippen LogP contribution in [0.3, 0.4) is 0 Å². The van der Waals surface area contributed by atoms with Crippen molar-refractivity contribution in [3.63, 3.8) is 0 Å². The van der Waals surface area contributed by atoms with E-state index in [1.165, 1.54) is 11.1 Å². The maximum absolute atomic E-state index is 5.83. The molecule has 2 rings (SSSR count). The summed E-state index contributed by atoms with van der Waals surface area (Å²) in [5, 5.41) is 3.42. The number of benzene rings is 1. The first-order valence-electron chi connectivity index (χ1n) is 6.54. The molecule has 102 valence electrons. The van der Waals surface area contributed by atoms with E-state index in [-0.39, 0.29) is 0 Å². The van der Waals surface area contributed by atoms with Crippen LogP contribution in [0, 0.1) is 6.92 Å². The van der Waals surface area contributed by atoms with Gasteiger partial charge in [0.05, 0.1) is 10.4 Å². The highest BCUT2D eigenvalue weighted by Gasteiger charge is 2.07. The van der Waals surface area contributed by atoms with Crippen LogP contribution in [0.25, 0.3) is 0 Å². The minimum absolute atomic E-state index is 0.374. The van der Waals surface area contributed by atoms with Crippen LogP contribution < -0.4 is 10.1 Å². The second-order valence-corrected chi connectivity index (χ2v) is 5.53. The number of rotatable bonds is 6. The van der Waals surface area contributed by atoms with Gasteiger partial charge in [-0.15, -0.1) is 11.3 Å². The molecule has 1 aromatic carbocycles. The first-order valence-corrected chi connectivity index (χ1v) is 7.42. The summed E-state index contributed by atoms with van der Waals surface area (Å²) >= 11 is 1.62. The van der Waals surface area contributed by atoms with Gasteiger partial charge in [-0.1, -0.05) is 19.1 Å². The number of hydrogen-bond donors (Lipinski definition) is 1. The van der Waals surface area contributed by atoms with E-state index in [1.807, 2.05) is 11.7 Å². The summed E-state index contributed by atoms with van der Waals surface area (Å²) in [6, 6.07) is 6.75. The smallest absolute Gasteiger partial charge is 0.124 e. The van der Waals surface area contributed by atoms with E-state index < -0.39 is 0 Å². The molecule has 0 radical (unpaired) electrons. The largest absolute Gasteiger partial charge is 0.488 e. The van der Waals surface area contributed by atoms with E-state index in [2.05, 4.69) is 49.3 Å². The van der Waals surface area contributed by atoms with Crippen molar-refractivity contribution in [1.82, 2.24) is 10.3 Å². The number of nitrogens with zero attached hydrogens (tertiary/aromatic N) is 1. The average molecular weight is 276 g/mol. The fourth-order valence-electron chi connectivity index (χ4n) is 1.99. The normalized spacial score (nSPS) is 12.4. The topological polar surface area (TPSA) is 34.1 Å². The van der Waals surface area contributed by atoms with Gasteiger partial charge in [-0.2, -0.15) is 0 Å². The molecule has 2 aromatic rings. The van der Waals surface area contributed by atoms with Gasteiger partial charge in [0.1, 0.15) is 12.4 Å². The fraction of sp³-hybridized carbons (Fsp3) is 0.400. The Balaban J connectivity index is 2.02. The minimum atomic E-state index is 0.374. The van der Waals surface area contributed by atoms with Crippen LogP contribution in [0.4, 0.5) is 0 Å². The lowest BCUT2D eigenvalue weighted by Crippen LogP contribution is -2.17. The lowest BCUT2D eigenvalue weighted by Gasteiger charge is -2.15. The van der Waals surface area contributed by atoms with Crippen LogP contribution in [0.1, 0.15) is 35.9 Å². The van der Waals surface area contributed by atoms with Crippen LogP contribution in [0.15, 0.2) is 29.9 Å². The van der Waals surface area contributed by atoms with Gasteiger partial charge in [-0.3, -0.25) is 4.98 Å². The van der Waals surface area contributed by atoms with E-state index in [0.717, 1.165) is 17.2 Å². The quantitative estimate of drug-likeness (QED) is 0.873. The van der Waals surface area contributed by atoms with Crippen molar-refractivity contribution < 1.29 is 4.74 Å². The molecule has 4 heteroatoms. The van der Waals surface area contributed by atoms with Crippen LogP contribution in [-0.4, -0.2) is 11.5 Å². The first kappa shape index (κ1) is 14.0.